The fourth-order valence-electron chi connectivity index (χ4n) is 1.45. The molecule has 0 aliphatic rings. The van der Waals surface area contributed by atoms with Crippen LogP contribution in [0, 0.1) is 0 Å². The van der Waals surface area contributed by atoms with E-state index < -0.39 is 10.0 Å². The molecule has 2 rings (SSSR count). The number of nitrogens with zero attached hydrogens (tertiary/aromatic N) is 2. The number of benzene rings is 1. The van der Waals surface area contributed by atoms with E-state index in [1.807, 2.05) is 17.8 Å². The zero-order valence-corrected chi connectivity index (χ0v) is 12.5. The third-order valence-electron chi connectivity index (χ3n) is 2.51. The number of sulfonamides is 1. The lowest BCUT2D eigenvalue weighted by atomic mass is 10.3. The van der Waals surface area contributed by atoms with E-state index in [2.05, 4.69) is 20.9 Å². The number of aryl methyl sites for hydroxylation is 1. The Bertz CT molecular complexity index is 697. The van der Waals surface area contributed by atoms with Crippen LogP contribution >= 0.6 is 15.9 Å². The van der Waals surface area contributed by atoms with Gasteiger partial charge in [0.15, 0.2) is 0 Å². The molecule has 0 amide bonds. The zero-order valence-electron chi connectivity index (χ0n) is 10.1. The maximum atomic E-state index is 11.2. The standard InChI is InChI=1S/C11H12BrN3O3S/c1-15-5-4-14-11(15)7-18-10-3-2-8(6-9(10)12)19(13,16)17/h2-6H,7H2,1H3,(H2,13,16,17). The average Bonchev–Trinajstić information content (AvgIpc) is 2.72. The first-order valence-corrected chi connectivity index (χ1v) is 7.63. The normalized spacial score (nSPS) is 11.5. The highest BCUT2D eigenvalue weighted by molar-refractivity contribution is 9.10. The number of primary sulfonamides is 1. The number of aromatic nitrogens is 2. The van der Waals surface area contributed by atoms with Gasteiger partial charge < -0.3 is 9.30 Å². The number of imidazole rings is 1. The van der Waals surface area contributed by atoms with Gasteiger partial charge in [-0.15, -0.1) is 0 Å². The molecule has 0 aliphatic heterocycles. The lowest BCUT2D eigenvalue weighted by molar-refractivity contribution is 0.290. The second-order valence-corrected chi connectivity index (χ2v) is 6.30. The molecule has 1 aromatic heterocycles. The Morgan fingerprint density at radius 1 is 1.47 bits per heavy atom. The molecule has 2 aromatic rings. The molecule has 6 nitrogen and oxygen atoms in total. The maximum absolute atomic E-state index is 11.2. The van der Waals surface area contributed by atoms with Crippen molar-refractivity contribution in [1.82, 2.24) is 9.55 Å². The second kappa shape index (κ2) is 5.32. The molecule has 102 valence electrons. The van der Waals surface area contributed by atoms with Gasteiger partial charge in [-0.1, -0.05) is 0 Å². The molecule has 2 N–H and O–H groups in total. The summed E-state index contributed by atoms with van der Waals surface area (Å²) in [7, 11) is -1.84. The van der Waals surface area contributed by atoms with Crippen molar-refractivity contribution in [1.29, 1.82) is 0 Å². The Kier molecular flexibility index (Phi) is 3.93. The van der Waals surface area contributed by atoms with Crippen molar-refractivity contribution in [2.45, 2.75) is 11.5 Å². The van der Waals surface area contributed by atoms with Gasteiger partial charge in [0, 0.05) is 19.4 Å². The summed E-state index contributed by atoms with van der Waals surface area (Å²) in [5, 5.41) is 5.04. The number of hydrogen-bond donors (Lipinski definition) is 1. The highest BCUT2D eigenvalue weighted by atomic mass is 79.9. The smallest absolute Gasteiger partial charge is 0.238 e. The van der Waals surface area contributed by atoms with Gasteiger partial charge in [-0.2, -0.15) is 0 Å². The molecule has 0 saturated heterocycles. The molecule has 0 aliphatic carbocycles. The van der Waals surface area contributed by atoms with E-state index in [4.69, 9.17) is 9.88 Å². The highest BCUT2D eigenvalue weighted by Gasteiger charge is 2.11. The third kappa shape index (κ3) is 3.34. The minimum Gasteiger partial charge on any atom is -0.484 e. The van der Waals surface area contributed by atoms with Crippen LogP contribution in [0.2, 0.25) is 0 Å². The Labute approximate surface area is 119 Å². The summed E-state index contributed by atoms with van der Waals surface area (Å²) in [6, 6.07) is 4.35. The van der Waals surface area contributed by atoms with Crippen LogP contribution in [0.25, 0.3) is 0 Å². The van der Waals surface area contributed by atoms with Crippen LogP contribution in [0.15, 0.2) is 40.0 Å². The number of rotatable bonds is 4. The van der Waals surface area contributed by atoms with E-state index in [9.17, 15) is 8.42 Å². The molecular formula is C11H12BrN3O3S. The number of hydrogen-bond acceptors (Lipinski definition) is 4. The fraction of sp³-hybridized carbons (Fsp3) is 0.182. The minimum absolute atomic E-state index is 0.0312. The van der Waals surface area contributed by atoms with Crippen molar-refractivity contribution >= 4 is 26.0 Å². The molecule has 0 fully saturated rings. The van der Waals surface area contributed by atoms with E-state index in [1.54, 1.807) is 12.3 Å². The first-order chi connectivity index (χ1) is 8.88. The Hall–Kier alpha value is -1.38. The predicted octanol–water partition coefficient (Wildman–Crippen LogP) is 1.41. The summed E-state index contributed by atoms with van der Waals surface area (Å²) in [6.45, 7) is 0.289. The van der Waals surface area contributed by atoms with Crippen molar-refractivity contribution in [2.75, 3.05) is 0 Å². The quantitative estimate of drug-likeness (QED) is 0.907. The molecule has 1 heterocycles. The van der Waals surface area contributed by atoms with Crippen molar-refractivity contribution in [3.8, 4) is 5.75 Å². The van der Waals surface area contributed by atoms with Gasteiger partial charge in [0.1, 0.15) is 18.2 Å². The molecule has 0 radical (unpaired) electrons. The van der Waals surface area contributed by atoms with E-state index in [0.29, 0.717) is 10.2 Å². The summed E-state index contributed by atoms with van der Waals surface area (Å²) in [5.41, 5.74) is 0. The molecule has 0 atom stereocenters. The average molecular weight is 346 g/mol. The Balaban J connectivity index is 2.16. The Morgan fingerprint density at radius 3 is 2.74 bits per heavy atom. The van der Waals surface area contributed by atoms with Crippen molar-refractivity contribution in [3.05, 3.63) is 40.9 Å². The second-order valence-electron chi connectivity index (χ2n) is 3.88. The van der Waals surface area contributed by atoms with E-state index in [0.717, 1.165) is 5.82 Å². The molecule has 0 bridgehead atoms. The van der Waals surface area contributed by atoms with Crippen LogP contribution in [0.4, 0.5) is 0 Å². The first kappa shape index (κ1) is 14.0. The molecule has 0 unspecified atom stereocenters. The van der Waals surface area contributed by atoms with Crippen molar-refractivity contribution in [2.24, 2.45) is 12.2 Å². The molecule has 19 heavy (non-hydrogen) atoms. The lowest BCUT2D eigenvalue weighted by Crippen LogP contribution is -2.12. The summed E-state index contributed by atoms with van der Waals surface area (Å²) in [6.07, 6.45) is 3.50. The van der Waals surface area contributed by atoms with E-state index >= 15 is 0 Å². The number of ether oxygens (including phenoxy) is 1. The number of nitrogens with two attached hydrogens (primary N) is 1. The van der Waals surface area contributed by atoms with Gasteiger partial charge in [0.2, 0.25) is 10.0 Å². The van der Waals surface area contributed by atoms with Crippen LogP contribution in [0.3, 0.4) is 0 Å². The monoisotopic (exact) mass is 345 g/mol. The SMILES string of the molecule is Cn1ccnc1COc1ccc(S(N)(=O)=O)cc1Br. The highest BCUT2D eigenvalue weighted by Crippen LogP contribution is 2.27. The largest absolute Gasteiger partial charge is 0.484 e. The fourth-order valence-corrected chi connectivity index (χ4v) is 2.64. The third-order valence-corrected chi connectivity index (χ3v) is 4.04. The van der Waals surface area contributed by atoms with Crippen LogP contribution in [-0.4, -0.2) is 18.0 Å². The van der Waals surface area contributed by atoms with Crippen LogP contribution in [0.1, 0.15) is 5.82 Å². The molecular weight excluding hydrogens is 334 g/mol. The van der Waals surface area contributed by atoms with Crippen molar-refractivity contribution in [3.63, 3.8) is 0 Å². The molecule has 8 heteroatoms. The van der Waals surface area contributed by atoms with E-state index in [1.165, 1.54) is 12.1 Å². The van der Waals surface area contributed by atoms with Gasteiger partial charge in [0.05, 0.1) is 9.37 Å². The van der Waals surface area contributed by atoms with Crippen LogP contribution in [-0.2, 0) is 23.7 Å². The lowest BCUT2D eigenvalue weighted by Gasteiger charge is -2.09. The maximum Gasteiger partial charge on any atom is 0.238 e. The van der Waals surface area contributed by atoms with Crippen molar-refractivity contribution < 1.29 is 13.2 Å². The van der Waals surface area contributed by atoms with E-state index in [-0.39, 0.29) is 11.5 Å². The summed E-state index contributed by atoms with van der Waals surface area (Å²) < 4.78 is 30.3. The number of halogens is 1. The Morgan fingerprint density at radius 2 is 2.21 bits per heavy atom. The minimum atomic E-state index is -3.71. The molecule has 0 spiro atoms. The predicted molar refractivity (Wildman–Crippen MR) is 73.1 cm³/mol. The van der Waals surface area contributed by atoms with Gasteiger partial charge >= 0.3 is 0 Å². The summed E-state index contributed by atoms with van der Waals surface area (Å²) in [5.74, 6) is 1.29. The molecule has 0 saturated carbocycles. The topological polar surface area (TPSA) is 87.2 Å². The van der Waals surface area contributed by atoms with Gasteiger partial charge in [0.25, 0.3) is 0 Å². The van der Waals surface area contributed by atoms with Crippen LogP contribution in [0.5, 0.6) is 5.75 Å². The first-order valence-electron chi connectivity index (χ1n) is 5.29. The molecule has 1 aromatic carbocycles. The van der Waals surface area contributed by atoms with Gasteiger partial charge in [-0.25, -0.2) is 18.5 Å². The van der Waals surface area contributed by atoms with Crippen LogP contribution < -0.4 is 9.88 Å². The summed E-state index contributed by atoms with van der Waals surface area (Å²) in [4.78, 5) is 4.16. The zero-order chi connectivity index (χ0) is 14.0. The summed E-state index contributed by atoms with van der Waals surface area (Å²) >= 11 is 3.25. The van der Waals surface area contributed by atoms with Gasteiger partial charge in [-0.05, 0) is 34.1 Å². The van der Waals surface area contributed by atoms with Gasteiger partial charge in [-0.3, -0.25) is 0 Å².